The van der Waals surface area contributed by atoms with Gasteiger partial charge in [0.05, 0.1) is 6.26 Å². The van der Waals surface area contributed by atoms with Gasteiger partial charge in [0.15, 0.2) is 0 Å². The van der Waals surface area contributed by atoms with Crippen molar-refractivity contribution in [1.29, 1.82) is 0 Å². The lowest BCUT2D eigenvalue weighted by Gasteiger charge is -2.26. The molecular weight excluding hydrogens is 230 g/mol. The largest absolute Gasteiger partial charge is 0.468 e. The van der Waals surface area contributed by atoms with Crippen molar-refractivity contribution in [2.24, 2.45) is 0 Å². The van der Waals surface area contributed by atoms with Gasteiger partial charge in [0.25, 0.3) is 0 Å². The molecule has 1 aromatic rings. The molecule has 2 atom stereocenters. The topological polar surface area (TPSA) is 25.2 Å². The van der Waals surface area contributed by atoms with E-state index in [1.807, 2.05) is 18.7 Å². The molecule has 3 heteroatoms. The Morgan fingerprint density at radius 3 is 2.59 bits per heavy atom. The third-order valence-electron chi connectivity index (χ3n) is 3.01. The van der Waals surface area contributed by atoms with Crippen LogP contribution in [0.25, 0.3) is 0 Å². The van der Waals surface area contributed by atoms with Crippen molar-refractivity contribution < 1.29 is 4.42 Å². The highest BCUT2D eigenvalue weighted by Gasteiger charge is 2.20. The fourth-order valence-corrected chi connectivity index (χ4v) is 3.34. The third-order valence-corrected chi connectivity index (χ3v) is 4.65. The van der Waals surface area contributed by atoms with Gasteiger partial charge in [0.2, 0.25) is 0 Å². The van der Waals surface area contributed by atoms with Gasteiger partial charge in [-0.25, -0.2) is 0 Å². The summed E-state index contributed by atoms with van der Waals surface area (Å²) in [6, 6.07) is 2.69. The summed E-state index contributed by atoms with van der Waals surface area (Å²) in [4.78, 5) is 1.29. The number of aryl methyl sites for hydroxylation is 1. The summed E-state index contributed by atoms with van der Waals surface area (Å²) in [6.45, 7) is 9.80. The van der Waals surface area contributed by atoms with Crippen molar-refractivity contribution in [3.63, 3.8) is 0 Å². The van der Waals surface area contributed by atoms with Gasteiger partial charge in [-0.1, -0.05) is 27.2 Å². The molecule has 0 aromatic carbocycles. The molecule has 0 bridgehead atoms. The van der Waals surface area contributed by atoms with Crippen LogP contribution < -0.4 is 5.32 Å². The van der Waals surface area contributed by atoms with E-state index >= 15 is 0 Å². The van der Waals surface area contributed by atoms with Gasteiger partial charge in [-0.2, -0.15) is 0 Å². The molecule has 0 radical (unpaired) electrons. The van der Waals surface area contributed by atoms with E-state index in [4.69, 9.17) is 4.42 Å². The van der Waals surface area contributed by atoms with E-state index in [1.165, 1.54) is 24.2 Å². The van der Waals surface area contributed by atoms with Crippen LogP contribution >= 0.6 is 11.8 Å². The van der Waals surface area contributed by atoms with Crippen LogP contribution in [0.15, 0.2) is 21.6 Å². The van der Waals surface area contributed by atoms with Crippen LogP contribution in [0.4, 0.5) is 0 Å². The summed E-state index contributed by atoms with van der Waals surface area (Å²) in [7, 11) is 0. The maximum atomic E-state index is 5.37. The molecule has 0 fully saturated rings. The van der Waals surface area contributed by atoms with Gasteiger partial charge in [0, 0.05) is 16.2 Å². The molecule has 0 saturated carbocycles. The second-order valence-corrected chi connectivity index (χ2v) is 5.64. The van der Waals surface area contributed by atoms with Gasteiger partial charge in [-0.05, 0) is 32.4 Å². The molecule has 2 unspecified atom stereocenters. The molecule has 0 aliphatic heterocycles. The van der Waals surface area contributed by atoms with Crippen LogP contribution in [-0.2, 0) is 0 Å². The van der Waals surface area contributed by atoms with Crippen molar-refractivity contribution in [2.45, 2.75) is 63.1 Å². The Hall–Kier alpha value is -0.410. The number of thioether (sulfide) groups is 1. The Balaban J connectivity index is 2.64. The van der Waals surface area contributed by atoms with E-state index in [2.05, 4.69) is 32.2 Å². The highest BCUT2D eigenvalue weighted by Crippen LogP contribution is 2.31. The fourth-order valence-electron chi connectivity index (χ4n) is 2.10. The monoisotopic (exact) mass is 255 g/mol. The predicted molar refractivity (Wildman–Crippen MR) is 75.8 cm³/mol. The van der Waals surface area contributed by atoms with Gasteiger partial charge in [-0.3, -0.25) is 0 Å². The lowest BCUT2D eigenvalue weighted by Crippen LogP contribution is -2.37. The number of rotatable bonds is 8. The van der Waals surface area contributed by atoms with Crippen LogP contribution in [-0.4, -0.2) is 17.8 Å². The van der Waals surface area contributed by atoms with Gasteiger partial charge in [0.1, 0.15) is 5.76 Å². The van der Waals surface area contributed by atoms with Crippen molar-refractivity contribution in [2.75, 3.05) is 6.54 Å². The van der Waals surface area contributed by atoms with Crippen LogP contribution in [0.5, 0.6) is 0 Å². The Bertz CT molecular complexity index is 305. The van der Waals surface area contributed by atoms with Crippen LogP contribution in [0.1, 0.15) is 45.8 Å². The minimum absolute atomic E-state index is 0.606. The van der Waals surface area contributed by atoms with Crippen molar-refractivity contribution >= 4 is 11.8 Å². The highest BCUT2D eigenvalue weighted by atomic mass is 32.2. The molecule has 0 amide bonds. The zero-order valence-corrected chi connectivity index (χ0v) is 12.3. The van der Waals surface area contributed by atoms with Crippen LogP contribution in [0, 0.1) is 6.92 Å². The molecule has 0 saturated heterocycles. The predicted octanol–water partition coefficient (Wildman–Crippen LogP) is 4.24. The average Bonchev–Trinajstić information content (AvgIpc) is 2.71. The molecule has 98 valence electrons. The normalized spacial score (nSPS) is 14.8. The van der Waals surface area contributed by atoms with Gasteiger partial charge in [-0.15, -0.1) is 11.8 Å². The molecule has 2 nitrogen and oxygen atoms in total. The summed E-state index contributed by atoms with van der Waals surface area (Å²) in [5, 5.41) is 4.25. The Labute approximate surface area is 110 Å². The summed E-state index contributed by atoms with van der Waals surface area (Å²) in [6.07, 6.45) is 5.45. The van der Waals surface area contributed by atoms with Crippen molar-refractivity contribution in [1.82, 2.24) is 5.32 Å². The molecule has 1 aromatic heterocycles. The van der Waals surface area contributed by atoms with Gasteiger partial charge < -0.3 is 9.73 Å². The summed E-state index contributed by atoms with van der Waals surface area (Å²) in [5.74, 6) is 1.04. The summed E-state index contributed by atoms with van der Waals surface area (Å²) < 4.78 is 5.37. The van der Waals surface area contributed by atoms with E-state index in [9.17, 15) is 0 Å². The molecule has 1 heterocycles. The molecule has 1 N–H and O–H groups in total. The van der Waals surface area contributed by atoms with Crippen molar-refractivity contribution in [3.05, 3.63) is 18.1 Å². The minimum Gasteiger partial charge on any atom is -0.468 e. The van der Waals surface area contributed by atoms with Crippen LogP contribution in [0.3, 0.4) is 0 Å². The van der Waals surface area contributed by atoms with Crippen molar-refractivity contribution in [3.8, 4) is 0 Å². The average molecular weight is 255 g/mol. The quantitative estimate of drug-likeness (QED) is 0.703. The number of nitrogens with one attached hydrogen (secondary N) is 1. The fraction of sp³-hybridized carbons (Fsp3) is 0.714. The molecule has 0 aliphatic carbocycles. The molecular formula is C14H25NOS. The SMILES string of the molecule is CCCC(NCC)C(CC)Sc1ccoc1C. The Kier molecular flexibility index (Phi) is 6.75. The smallest absolute Gasteiger partial charge is 0.114 e. The second kappa shape index (κ2) is 7.83. The molecule has 17 heavy (non-hydrogen) atoms. The molecule has 1 rings (SSSR count). The van der Waals surface area contributed by atoms with Crippen LogP contribution in [0.2, 0.25) is 0 Å². The zero-order valence-electron chi connectivity index (χ0n) is 11.5. The van der Waals surface area contributed by atoms with E-state index in [1.54, 1.807) is 6.26 Å². The maximum absolute atomic E-state index is 5.37. The number of hydrogen-bond donors (Lipinski definition) is 1. The highest BCUT2D eigenvalue weighted by molar-refractivity contribution is 8.00. The molecule has 0 spiro atoms. The Morgan fingerprint density at radius 1 is 1.35 bits per heavy atom. The standard InChI is InChI=1S/C14H25NOS/c1-5-8-12(15-7-3)13(6-2)17-14-9-10-16-11(14)4/h9-10,12-13,15H,5-8H2,1-4H3. The molecule has 0 aliphatic rings. The zero-order chi connectivity index (χ0) is 12.7. The first kappa shape index (κ1) is 14.7. The summed E-state index contributed by atoms with van der Waals surface area (Å²) in [5.41, 5.74) is 0. The summed E-state index contributed by atoms with van der Waals surface area (Å²) >= 11 is 1.95. The number of furan rings is 1. The lowest BCUT2D eigenvalue weighted by atomic mass is 10.1. The maximum Gasteiger partial charge on any atom is 0.114 e. The lowest BCUT2D eigenvalue weighted by molar-refractivity contribution is 0.465. The third kappa shape index (κ3) is 4.40. The minimum atomic E-state index is 0.606. The van der Waals surface area contributed by atoms with E-state index in [0.29, 0.717) is 11.3 Å². The van der Waals surface area contributed by atoms with Gasteiger partial charge >= 0.3 is 0 Å². The van der Waals surface area contributed by atoms with E-state index in [-0.39, 0.29) is 0 Å². The second-order valence-electron chi connectivity index (χ2n) is 4.36. The number of hydrogen-bond acceptors (Lipinski definition) is 3. The first-order valence-corrected chi connectivity index (χ1v) is 7.54. The first-order valence-electron chi connectivity index (χ1n) is 6.67. The Morgan fingerprint density at radius 2 is 2.12 bits per heavy atom. The van der Waals surface area contributed by atoms with E-state index in [0.717, 1.165) is 12.3 Å². The van der Waals surface area contributed by atoms with E-state index < -0.39 is 0 Å². The first-order chi connectivity index (χ1) is 8.22.